The van der Waals surface area contributed by atoms with Crippen molar-refractivity contribution in [3.8, 4) is 0 Å². The van der Waals surface area contributed by atoms with Gasteiger partial charge in [-0.05, 0) is 11.1 Å². The Balaban J connectivity index is 2.94. The van der Waals surface area contributed by atoms with E-state index in [-0.39, 0.29) is 22.9 Å². The van der Waals surface area contributed by atoms with Gasteiger partial charge in [0.05, 0.1) is 43.4 Å². The van der Waals surface area contributed by atoms with Crippen molar-refractivity contribution in [1.82, 2.24) is 10.6 Å². The number of carbonyl (C=O) groups is 2. The van der Waals surface area contributed by atoms with Crippen LogP contribution in [-0.4, -0.2) is 56.0 Å². The number of amides is 2. The Morgan fingerprint density at radius 2 is 0.868 bits per heavy atom. The molecule has 6 nitrogen and oxygen atoms in total. The van der Waals surface area contributed by atoms with Gasteiger partial charge >= 0.3 is 0 Å². The molecule has 2 unspecified atom stereocenters. The molecule has 0 fully saturated rings. The second kappa shape index (κ2) is 12.9. The molecule has 210 valence electrons. The first-order valence-corrected chi connectivity index (χ1v) is 27.4. The molecule has 0 aliphatic carbocycles. The molecule has 1 rings (SSSR count). The molecule has 0 aliphatic heterocycles. The van der Waals surface area contributed by atoms with Crippen molar-refractivity contribution in [3.63, 3.8) is 0 Å². The van der Waals surface area contributed by atoms with Crippen LogP contribution >= 0.6 is 0 Å². The van der Waals surface area contributed by atoms with Gasteiger partial charge in [0.15, 0.2) is 0 Å². The Morgan fingerprint density at radius 3 is 1.05 bits per heavy atom. The van der Waals surface area contributed by atoms with E-state index in [1.165, 1.54) is 0 Å². The number of hydrogen-bond acceptors (Lipinski definition) is 4. The largest absolute Gasteiger partial charge is 0.352 e. The Morgan fingerprint density at radius 1 is 0.605 bits per heavy atom. The summed E-state index contributed by atoms with van der Waals surface area (Å²) in [6.07, 6.45) is 0. The van der Waals surface area contributed by atoms with Gasteiger partial charge in [-0.3, -0.25) is 9.59 Å². The lowest BCUT2D eigenvalue weighted by molar-refractivity contribution is -0.121. The van der Waals surface area contributed by atoms with Crippen molar-refractivity contribution in [2.75, 3.05) is 0 Å². The van der Waals surface area contributed by atoms with Gasteiger partial charge in [-0.15, -0.1) is 0 Å². The van der Waals surface area contributed by atoms with E-state index >= 15 is 0 Å². The van der Waals surface area contributed by atoms with Gasteiger partial charge in [0.2, 0.25) is 11.8 Å². The maximum Gasteiger partial charge on any atom is 0.225 e. The van der Waals surface area contributed by atoms with Crippen LogP contribution in [0, 0.1) is 0 Å². The predicted octanol–water partition coefficient (Wildman–Crippen LogP) is 5.61. The van der Waals surface area contributed by atoms with Crippen LogP contribution in [0.5, 0.6) is 0 Å². The van der Waals surface area contributed by atoms with Crippen LogP contribution in [0.3, 0.4) is 0 Å². The van der Waals surface area contributed by atoms with Gasteiger partial charge in [-0.25, -0.2) is 9.59 Å². The fraction of sp³-hybridized carbons (Fsp3) is 0.571. The monoisotopic (exact) mass is 588 g/mol. The second-order valence-corrected chi connectivity index (χ2v) is 35.1. The van der Waals surface area contributed by atoms with Gasteiger partial charge < -0.3 is 10.6 Å². The summed E-state index contributed by atoms with van der Waals surface area (Å²) >= 11 is 0. The van der Waals surface area contributed by atoms with Crippen molar-refractivity contribution >= 4 is 56.0 Å². The maximum atomic E-state index is 13.2. The minimum absolute atomic E-state index is 0.0971. The van der Waals surface area contributed by atoms with E-state index in [1.807, 2.05) is 24.3 Å². The fourth-order valence-electron chi connectivity index (χ4n) is 4.56. The van der Waals surface area contributed by atoms with E-state index in [2.05, 4.69) is 101 Å². The van der Waals surface area contributed by atoms with Crippen LogP contribution in [-0.2, 0) is 32.3 Å². The summed E-state index contributed by atoms with van der Waals surface area (Å²) in [5, 5.41) is 7.42. The van der Waals surface area contributed by atoms with E-state index in [1.54, 1.807) is 0 Å². The normalized spacial score (nSPS) is 14.0. The van der Waals surface area contributed by atoms with Crippen LogP contribution < -0.4 is 10.6 Å². The molecule has 10 heteroatoms. The van der Waals surface area contributed by atoms with Crippen molar-refractivity contribution in [2.45, 2.75) is 103 Å². The fourth-order valence-corrected chi connectivity index (χ4v) is 16.0. The highest BCUT2D eigenvalue weighted by Gasteiger charge is 2.42. The summed E-state index contributed by atoms with van der Waals surface area (Å²) in [5.74, 6) is 4.09. The molecule has 1 aromatic rings. The SMILES string of the molecule is C[Si](C)(C)C(=C=O)C(C(=O)NCc1ccc(CNC(=O)C(C(=C=O)[Si](C)(C)C)[Si](C)(C)C)cc1)[Si](C)(C)C. The number of carbonyl (C=O) groups excluding carboxylic acids is 4. The van der Waals surface area contributed by atoms with Crippen LogP contribution in [0.4, 0.5) is 0 Å². The lowest BCUT2D eigenvalue weighted by Crippen LogP contribution is -2.46. The third kappa shape index (κ3) is 9.59. The van der Waals surface area contributed by atoms with E-state index in [0.29, 0.717) is 23.5 Å². The highest BCUT2D eigenvalue weighted by molar-refractivity contribution is 6.91. The van der Waals surface area contributed by atoms with Crippen molar-refractivity contribution < 1.29 is 19.2 Å². The molecule has 0 saturated carbocycles. The number of benzene rings is 1. The number of nitrogens with one attached hydrogen (secondary N) is 2. The van der Waals surface area contributed by atoms with E-state index < -0.39 is 32.3 Å². The summed E-state index contributed by atoms with van der Waals surface area (Å²) in [4.78, 5) is 50.1. The van der Waals surface area contributed by atoms with Gasteiger partial charge in [-0.1, -0.05) is 103 Å². The first kappa shape index (κ1) is 34.0. The lowest BCUT2D eigenvalue weighted by Gasteiger charge is -2.33. The Bertz CT molecular complexity index is 1020. The Kier molecular flexibility index (Phi) is 11.5. The molecule has 38 heavy (non-hydrogen) atoms. The number of hydrogen-bond donors (Lipinski definition) is 2. The maximum absolute atomic E-state index is 13.2. The highest BCUT2D eigenvalue weighted by atomic mass is 28.3. The zero-order valence-electron chi connectivity index (χ0n) is 25.5. The first-order chi connectivity index (χ1) is 17.1. The average Bonchev–Trinajstić information content (AvgIpc) is 2.74. The zero-order valence-corrected chi connectivity index (χ0v) is 29.5. The summed E-state index contributed by atoms with van der Waals surface area (Å²) in [6, 6.07) is 7.76. The van der Waals surface area contributed by atoms with Gasteiger partial charge in [-0.2, -0.15) is 0 Å². The van der Waals surface area contributed by atoms with Gasteiger partial charge in [0.1, 0.15) is 11.9 Å². The minimum Gasteiger partial charge on any atom is -0.352 e. The Labute approximate surface area is 233 Å². The quantitative estimate of drug-likeness (QED) is 0.245. The molecule has 2 atom stereocenters. The summed E-state index contributed by atoms with van der Waals surface area (Å²) in [6.45, 7) is 25.9. The zero-order chi connectivity index (χ0) is 29.7. The molecule has 0 radical (unpaired) electrons. The molecular formula is C28H48N2O4Si4. The van der Waals surface area contributed by atoms with Crippen molar-refractivity contribution in [3.05, 3.63) is 45.8 Å². The van der Waals surface area contributed by atoms with Crippen LogP contribution in [0.15, 0.2) is 34.7 Å². The molecule has 0 heterocycles. The average molecular weight is 589 g/mol. The van der Waals surface area contributed by atoms with Crippen LogP contribution in [0.25, 0.3) is 0 Å². The second-order valence-electron chi connectivity index (χ2n) is 14.4. The molecule has 0 bridgehead atoms. The summed E-state index contributed by atoms with van der Waals surface area (Å²) in [5.41, 5.74) is 1.11. The van der Waals surface area contributed by atoms with E-state index in [9.17, 15) is 19.2 Å². The third-order valence-electron chi connectivity index (χ3n) is 6.63. The molecule has 0 aromatic heterocycles. The molecule has 2 amide bonds. The van der Waals surface area contributed by atoms with Crippen molar-refractivity contribution in [1.29, 1.82) is 0 Å². The first-order valence-electron chi connectivity index (χ1n) is 13.3. The molecular weight excluding hydrogens is 541 g/mol. The van der Waals surface area contributed by atoms with Crippen LogP contribution in [0.2, 0.25) is 89.6 Å². The topological polar surface area (TPSA) is 92.3 Å². The smallest absolute Gasteiger partial charge is 0.225 e. The lowest BCUT2D eigenvalue weighted by atomic mass is 10.1. The van der Waals surface area contributed by atoms with Gasteiger partial charge in [0, 0.05) is 23.5 Å². The molecule has 1 aromatic carbocycles. The standard InChI is InChI=1S/C28H48N2O4Si4/c1-35(2,3)23(19-31)25(37(7,8)9)27(33)29-17-21-13-15-22(16-14-21)18-30-28(34)26(38(10,11)12)24(20-32)36(4,5)6/h13-16,25-26H,17-18H2,1-12H3,(H,29,33)(H,30,34). The van der Waals surface area contributed by atoms with E-state index in [4.69, 9.17) is 0 Å². The van der Waals surface area contributed by atoms with Crippen molar-refractivity contribution in [2.24, 2.45) is 0 Å². The minimum atomic E-state index is -2.00. The van der Waals surface area contributed by atoms with Crippen LogP contribution in [0.1, 0.15) is 11.1 Å². The molecule has 2 N–H and O–H groups in total. The molecule has 0 spiro atoms. The predicted molar refractivity (Wildman–Crippen MR) is 169 cm³/mol. The van der Waals surface area contributed by atoms with Gasteiger partial charge in [0.25, 0.3) is 0 Å². The summed E-state index contributed by atoms with van der Waals surface area (Å²) in [7, 11) is -7.96. The highest BCUT2D eigenvalue weighted by Crippen LogP contribution is 2.35. The third-order valence-corrected chi connectivity index (χ3v) is 15.8. The molecule has 0 aliphatic rings. The van der Waals surface area contributed by atoms with E-state index in [0.717, 1.165) is 11.1 Å². The molecule has 0 saturated heterocycles. The Hall–Kier alpha value is -2.07. The number of rotatable bonds is 12. The summed E-state index contributed by atoms with van der Waals surface area (Å²) < 4.78 is 0.